The first-order valence-electron chi connectivity index (χ1n) is 14.1. The van der Waals surface area contributed by atoms with Crippen molar-refractivity contribution < 1.29 is 63.5 Å². The van der Waals surface area contributed by atoms with Gasteiger partial charge in [0.15, 0.2) is 18.9 Å². The Hall–Kier alpha value is -0.750. The maximum absolute atomic E-state index is 14.7. The predicted octanol–water partition coefficient (Wildman–Crippen LogP) is -6.61. The van der Waals surface area contributed by atoms with Crippen molar-refractivity contribution in [3.05, 3.63) is 0 Å². The van der Waals surface area contributed by atoms with Crippen molar-refractivity contribution >= 4 is 0 Å². The third kappa shape index (κ3) is 6.60. The molecule has 18 heteroatoms. The summed E-state index contributed by atoms with van der Waals surface area (Å²) in [7, 11) is 0. The largest absolute Gasteiger partial charge is 0.394 e. The van der Waals surface area contributed by atoms with Gasteiger partial charge in [-0.1, -0.05) is 6.92 Å². The van der Waals surface area contributed by atoms with Crippen LogP contribution in [0.2, 0.25) is 0 Å². The highest BCUT2D eigenvalue weighted by molar-refractivity contribution is 5.02. The second-order valence-electron chi connectivity index (χ2n) is 11.5. The van der Waals surface area contributed by atoms with E-state index in [1.807, 2.05) is 0 Å². The van der Waals surface area contributed by atoms with Gasteiger partial charge in [-0.25, -0.2) is 4.39 Å². The first-order valence-corrected chi connectivity index (χ1v) is 14.1. The summed E-state index contributed by atoms with van der Waals surface area (Å²) in [5.41, 5.74) is 29.5. The summed E-state index contributed by atoms with van der Waals surface area (Å²) in [4.78, 5) is 0. The molecule has 0 spiro atoms. The van der Waals surface area contributed by atoms with E-state index in [4.69, 9.17) is 57.1 Å². The van der Waals surface area contributed by atoms with E-state index in [0.717, 1.165) is 0 Å². The van der Waals surface area contributed by atoms with E-state index in [2.05, 4.69) is 0 Å². The van der Waals surface area contributed by atoms with Crippen LogP contribution in [-0.2, 0) is 28.4 Å². The van der Waals surface area contributed by atoms with E-state index in [1.165, 1.54) is 0 Å². The summed E-state index contributed by atoms with van der Waals surface area (Å²) in [6, 6.07) is -3.19. The van der Waals surface area contributed by atoms with Crippen molar-refractivity contribution in [3.63, 3.8) is 0 Å². The Morgan fingerprint density at radius 2 is 1.21 bits per heavy atom. The van der Waals surface area contributed by atoms with Gasteiger partial charge in [0.05, 0.1) is 24.9 Å². The number of hydrogen-bond donors (Lipinski definition) is 11. The molecule has 0 aromatic carbocycles. The smallest absolute Gasteiger partial charge is 0.187 e. The highest BCUT2D eigenvalue weighted by Crippen LogP contribution is 2.35. The zero-order valence-corrected chi connectivity index (χ0v) is 23.2. The van der Waals surface area contributed by atoms with Crippen molar-refractivity contribution in [1.29, 1.82) is 0 Å². The molecule has 3 heterocycles. The molecule has 0 amide bonds. The van der Waals surface area contributed by atoms with Crippen molar-refractivity contribution in [1.82, 2.24) is 0 Å². The summed E-state index contributed by atoms with van der Waals surface area (Å²) in [5.74, 6) is -0.752. The second-order valence-corrected chi connectivity index (χ2v) is 11.5. The van der Waals surface area contributed by atoms with Crippen LogP contribution in [0.15, 0.2) is 0 Å². The number of alkyl halides is 1. The lowest BCUT2D eigenvalue weighted by molar-refractivity contribution is -0.303. The molecule has 4 fully saturated rings. The van der Waals surface area contributed by atoms with E-state index >= 15 is 0 Å². The van der Waals surface area contributed by atoms with Gasteiger partial charge >= 0.3 is 0 Å². The highest BCUT2D eigenvalue weighted by atomic mass is 19.1. The first kappa shape index (κ1) is 34.1. The topological polar surface area (TPSA) is 307 Å². The Morgan fingerprint density at radius 1 is 0.667 bits per heavy atom. The van der Waals surface area contributed by atoms with Gasteiger partial charge in [-0.2, -0.15) is 0 Å². The van der Waals surface area contributed by atoms with Crippen LogP contribution in [0, 0.1) is 5.92 Å². The second kappa shape index (κ2) is 14.1. The monoisotopic (exact) mass is 615 g/mol. The van der Waals surface area contributed by atoms with Crippen molar-refractivity contribution in [2.75, 3.05) is 19.7 Å². The van der Waals surface area contributed by atoms with Crippen molar-refractivity contribution in [2.45, 2.75) is 124 Å². The van der Waals surface area contributed by atoms with Crippen LogP contribution in [0.25, 0.3) is 0 Å². The Morgan fingerprint density at radius 3 is 1.83 bits per heavy atom. The maximum atomic E-state index is 14.7. The number of ether oxygens (including phenoxy) is 6. The van der Waals surface area contributed by atoms with Crippen LogP contribution in [0.3, 0.4) is 0 Å². The fraction of sp³-hybridized carbons (Fsp3) is 1.00. The quantitative estimate of drug-likeness (QED) is 0.115. The Labute approximate surface area is 241 Å². The molecule has 42 heavy (non-hydrogen) atoms. The van der Waals surface area contributed by atoms with Crippen LogP contribution in [-0.4, -0.2) is 161 Å². The van der Waals surface area contributed by atoms with E-state index in [0.29, 0.717) is 0 Å². The Balaban J connectivity index is 1.50. The average molecular weight is 616 g/mol. The summed E-state index contributed by atoms with van der Waals surface area (Å²) >= 11 is 0. The lowest BCUT2D eigenvalue weighted by atomic mass is 9.84. The van der Waals surface area contributed by atoms with Gasteiger partial charge in [0.2, 0.25) is 0 Å². The standard InChI is InChI=1S/C24H46FN5O12/c1-6-14(32)17(35)10(4-27)37-22(6)41-20-11(5-31)39-24(18(20)36)42-21-15(33)7(28)2-8(29)19(21)40-23-13(30)12(25)16(34)9(3-26)38-23/h6-24,31-36H,2-5,26-30H2,1H3/t6-,7-,8+,9-,10+,11-,12-,13-,14-,15+,16-,17-,18-,19-,20-,21-,22-,23-,24+/m1/s1. The SMILES string of the molecule is C[C@H]1[C@@H](O[C@H]2[C@@H](O)[C@H](O[C@@H]3[C@@H](O)[C@H](N)C[C@H](N)[C@H]3O[C@H]3O[C@H](CN)[C@@H](O)[C@H](F)[C@H]3N)O[C@@H]2CO)O[C@@H](CN)[C@@H](O)[C@@H]1O. The van der Waals surface area contributed by atoms with E-state index in [1.54, 1.807) is 6.92 Å². The predicted molar refractivity (Wildman–Crippen MR) is 138 cm³/mol. The third-order valence-electron chi connectivity index (χ3n) is 8.58. The minimum atomic E-state index is -1.94. The molecule has 246 valence electrons. The minimum absolute atomic E-state index is 0.0715. The number of aliphatic hydroxyl groups excluding tert-OH is 6. The number of rotatable bonds is 9. The van der Waals surface area contributed by atoms with Gasteiger partial charge < -0.3 is 87.7 Å². The van der Waals surface area contributed by atoms with Gasteiger partial charge in [0.25, 0.3) is 0 Å². The van der Waals surface area contributed by atoms with Crippen LogP contribution >= 0.6 is 0 Å². The number of hydrogen-bond acceptors (Lipinski definition) is 17. The molecule has 0 radical (unpaired) electrons. The number of aliphatic hydroxyl groups is 6. The van der Waals surface area contributed by atoms with Gasteiger partial charge in [-0.3, -0.25) is 0 Å². The van der Waals surface area contributed by atoms with Crippen LogP contribution in [0.1, 0.15) is 13.3 Å². The lowest BCUT2D eigenvalue weighted by Gasteiger charge is -2.47. The number of halogens is 1. The molecule has 4 rings (SSSR count). The van der Waals surface area contributed by atoms with Crippen LogP contribution in [0.4, 0.5) is 4.39 Å². The summed E-state index contributed by atoms with van der Waals surface area (Å²) < 4.78 is 49.5. The highest BCUT2D eigenvalue weighted by Gasteiger charge is 2.54. The molecule has 19 atom stereocenters. The molecule has 17 nitrogen and oxygen atoms in total. The molecule has 3 aliphatic heterocycles. The van der Waals surface area contributed by atoms with E-state index < -0.39 is 123 Å². The van der Waals surface area contributed by atoms with Gasteiger partial charge in [-0.05, 0) is 6.42 Å². The maximum Gasteiger partial charge on any atom is 0.187 e. The lowest BCUT2D eigenvalue weighted by Crippen LogP contribution is -2.67. The zero-order chi connectivity index (χ0) is 31.0. The van der Waals surface area contributed by atoms with Crippen LogP contribution in [0.5, 0.6) is 0 Å². The minimum Gasteiger partial charge on any atom is -0.394 e. The van der Waals surface area contributed by atoms with Crippen molar-refractivity contribution in [3.8, 4) is 0 Å². The summed E-state index contributed by atoms with van der Waals surface area (Å²) in [5, 5.41) is 62.7. The van der Waals surface area contributed by atoms with E-state index in [-0.39, 0.29) is 19.5 Å². The first-order chi connectivity index (χ1) is 19.8. The molecule has 0 aromatic rings. The number of nitrogens with two attached hydrogens (primary N) is 5. The molecule has 1 aliphatic carbocycles. The van der Waals surface area contributed by atoms with Gasteiger partial charge in [0, 0.05) is 31.1 Å². The molecule has 0 unspecified atom stereocenters. The third-order valence-corrected chi connectivity index (χ3v) is 8.58. The molecule has 16 N–H and O–H groups in total. The van der Waals surface area contributed by atoms with E-state index in [9.17, 15) is 35.0 Å². The molecule has 0 bridgehead atoms. The molecule has 1 saturated carbocycles. The average Bonchev–Trinajstić information content (AvgIpc) is 3.27. The molecule has 4 aliphatic rings. The van der Waals surface area contributed by atoms with Crippen molar-refractivity contribution in [2.24, 2.45) is 34.6 Å². The molecular weight excluding hydrogens is 569 g/mol. The Kier molecular flexibility index (Phi) is 11.5. The zero-order valence-electron chi connectivity index (χ0n) is 23.2. The molecule has 3 saturated heterocycles. The normalized spacial score (nSPS) is 53.8. The van der Waals surface area contributed by atoms with Gasteiger partial charge in [0.1, 0.15) is 61.1 Å². The fourth-order valence-corrected chi connectivity index (χ4v) is 5.87. The fourth-order valence-electron chi connectivity index (χ4n) is 5.87. The molecule has 0 aromatic heterocycles. The van der Waals surface area contributed by atoms with Crippen LogP contribution < -0.4 is 28.7 Å². The summed E-state index contributed by atoms with van der Waals surface area (Å²) in [6.45, 7) is 0.599. The summed E-state index contributed by atoms with van der Waals surface area (Å²) in [6.07, 6.45) is -20.0. The Bertz CT molecular complexity index is 871. The molecular formula is C24H46FN5O12. The van der Waals surface area contributed by atoms with Gasteiger partial charge in [-0.15, -0.1) is 0 Å².